The summed E-state index contributed by atoms with van der Waals surface area (Å²) in [4.78, 5) is 0. The molecule has 0 saturated heterocycles. The third kappa shape index (κ3) is 3.86. The molecule has 6 heteroatoms. The van der Waals surface area contributed by atoms with Gasteiger partial charge in [0.15, 0.2) is 0 Å². The molecular formula is C9H13NO4S. The highest BCUT2D eigenvalue weighted by Gasteiger charge is 2.04. The minimum Gasteiger partial charge on any atom is -0.496 e. The van der Waals surface area contributed by atoms with Gasteiger partial charge in [-0.3, -0.25) is 4.18 Å². The number of methoxy groups -OCH3 is 1. The van der Waals surface area contributed by atoms with Gasteiger partial charge in [-0.1, -0.05) is 12.1 Å². The van der Waals surface area contributed by atoms with Crippen LogP contribution in [0.2, 0.25) is 0 Å². The Hall–Kier alpha value is -1.11. The van der Waals surface area contributed by atoms with E-state index in [-0.39, 0.29) is 6.61 Å². The van der Waals surface area contributed by atoms with Crippen LogP contribution in [0.15, 0.2) is 18.2 Å². The van der Waals surface area contributed by atoms with Crippen molar-refractivity contribution in [3.05, 3.63) is 29.3 Å². The Morgan fingerprint density at radius 1 is 1.40 bits per heavy atom. The van der Waals surface area contributed by atoms with Gasteiger partial charge in [-0.25, -0.2) is 5.14 Å². The molecule has 0 amide bonds. The van der Waals surface area contributed by atoms with Gasteiger partial charge < -0.3 is 4.74 Å². The third-order valence-electron chi connectivity index (χ3n) is 1.85. The molecule has 84 valence electrons. The van der Waals surface area contributed by atoms with Crippen molar-refractivity contribution in [2.45, 2.75) is 13.5 Å². The molecule has 0 radical (unpaired) electrons. The molecule has 0 bridgehead atoms. The quantitative estimate of drug-likeness (QED) is 0.828. The second-order valence-corrected chi connectivity index (χ2v) is 4.28. The lowest BCUT2D eigenvalue weighted by Crippen LogP contribution is -2.15. The number of aryl methyl sites for hydroxylation is 1. The SMILES string of the molecule is COc1ccc(COS(N)(=O)=O)cc1C. The Bertz CT molecular complexity index is 441. The second-order valence-electron chi connectivity index (χ2n) is 3.06. The topological polar surface area (TPSA) is 78.6 Å². The van der Waals surface area contributed by atoms with E-state index in [1.807, 2.05) is 6.92 Å². The fourth-order valence-electron chi connectivity index (χ4n) is 1.18. The summed E-state index contributed by atoms with van der Waals surface area (Å²) in [5, 5.41) is 4.70. The van der Waals surface area contributed by atoms with Crippen molar-refractivity contribution >= 4 is 10.3 Å². The fourth-order valence-corrected chi connectivity index (χ4v) is 1.48. The molecule has 15 heavy (non-hydrogen) atoms. The maximum Gasteiger partial charge on any atom is 0.333 e. The first-order valence-corrected chi connectivity index (χ1v) is 5.70. The summed E-state index contributed by atoms with van der Waals surface area (Å²) in [6.07, 6.45) is 0. The lowest BCUT2D eigenvalue weighted by molar-refractivity contribution is 0.308. The number of nitrogens with two attached hydrogens (primary N) is 1. The van der Waals surface area contributed by atoms with Crippen LogP contribution < -0.4 is 9.88 Å². The van der Waals surface area contributed by atoms with E-state index in [0.29, 0.717) is 0 Å². The van der Waals surface area contributed by atoms with Crippen LogP contribution in [-0.4, -0.2) is 15.5 Å². The van der Waals surface area contributed by atoms with Gasteiger partial charge in [0.1, 0.15) is 5.75 Å². The highest BCUT2D eigenvalue weighted by molar-refractivity contribution is 7.84. The van der Waals surface area contributed by atoms with Crippen molar-refractivity contribution < 1.29 is 17.3 Å². The molecule has 0 aliphatic carbocycles. The Kier molecular flexibility index (Phi) is 3.67. The Balaban J connectivity index is 2.76. The zero-order chi connectivity index (χ0) is 11.5. The zero-order valence-electron chi connectivity index (χ0n) is 8.56. The van der Waals surface area contributed by atoms with Crippen molar-refractivity contribution in [2.75, 3.05) is 7.11 Å². The third-order valence-corrected chi connectivity index (χ3v) is 2.30. The molecule has 2 N–H and O–H groups in total. The van der Waals surface area contributed by atoms with Crippen molar-refractivity contribution in [1.82, 2.24) is 0 Å². The molecule has 0 aliphatic rings. The molecule has 0 aliphatic heterocycles. The summed E-state index contributed by atoms with van der Waals surface area (Å²) in [5.41, 5.74) is 1.63. The monoisotopic (exact) mass is 231 g/mol. The first-order valence-electron chi connectivity index (χ1n) is 4.23. The molecule has 0 fully saturated rings. The molecule has 0 unspecified atom stereocenters. The predicted molar refractivity (Wildman–Crippen MR) is 55.6 cm³/mol. The summed E-state index contributed by atoms with van der Waals surface area (Å²) in [6, 6.07) is 5.25. The van der Waals surface area contributed by atoms with E-state index in [0.717, 1.165) is 16.9 Å². The summed E-state index contributed by atoms with van der Waals surface area (Å²) >= 11 is 0. The predicted octanol–water partition coefficient (Wildman–Crippen LogP) is 0.724. The smallest absolute Gasteiger partial charge is 0.333 e. The van der Waals surface area contributed by atoms with Gasteiger partial charge in [-0.15, -0.1) is 0 Å². The molecule has 1 rings (SSSR count). The average molecular weight is 231 g/mol. The molecule has 5 nitrogen and oxygen atoms in total. The van der Waals surface area contributed by atoms with E-state index in [4.69, 9.17) is 9.88 Å². The maximum atomic E-state index is 10.5. The summed E-state index contributed by atoms with van der Waals surface area (Å²) in [5.74, 6) is 0.745. The Morgan fingerprint density at radius 2 is 2.07 bits per heavy atom. The van der Waals surface area contributed by atoms with Crippen LogP contribution in [0.3, 0.4) is 0 Å². The standard InChI is InChI=1S/C9H13NO4S/c1-7-5-8(3-4-9(7)13-2)6-14-15(10,11)12/h3-5H,6H2,1-2H3,(H2,10,11,12). The zero-order valence-corrected chi connectivity index (χ0v) is 9.37. The largest absolute Gasteiger partial charge is 0.496 e. The Morgan fingerprint density at radius 3 is 2.53 bits per heavy atom. The van der Waals surface area contributed by atoms with E-state index < -0.39 is 10.3 Å². The number of benzene rings is 1. The van der Waals surface area contributed by atoms with Crippen LogP contribution >= 0.6 is 0 Å². The van der Waals surface area contributed by atoms with Crippen LogP contribution in [0, 0.1) is 6.92 Å². The maximum absolute atomic E-state index is 10.5. The van der Waals surface area contributed by atoms with Gasteiger partial charge in [-0.2, -0.15) is 8.42 Å². The van der Waals surface area contributed by atoms with Gasteiger partial charge in [0.25, 0.3) is 0 Å². The molecule has 1 aromatic rings. The van der Waals surface area contributed by atoms with Crippen molar-refractivity contribution in [1.29, 1.82) is 0 Å². The first-order chi connectivity index (χ1) is 6.92. The summed E-state index contributed by atoms with van der Waals surface area (Å²) < 4.78 is 30.6. The molecule has 0 spiro atoms. The van der Waals surface area contributed by atoms with Gasteiger partial charge in [0, 0.05) is 0 Å². The summed E-state index contributed by atoms with van der Waals surface area (Å²) in [7, 11) is -2.31. The second kappa shape index (κ2) is 4.61. The minimum absolute atomic E-state index is 0.0658. The molecule has 0 saturated carbocycles. The molecule has 0 aromatic heterocycles. The molecule has 0 heterocycles. The fraction of sp³-hybridized carbons (Fsp3) is 0.333. The first kappa shape index (κ1) is 12.0. The van der Waals surface area contributed by atoms with E-state index in [2.05, 4.69) is 4.18 Å². The lowest BCUT2D eigenvalue weighted by Gasteiger charge is -2.06. The van der Waals surface area contributed by atoms with E-state index >= 15 is 0 Å². The van der Waals surface area contributed by atoms with E-state index in [1.165, 1.54) is 0 Å². The van der Waals surface area contributed by atoms with Crippen LogP contribution in [0.5, 0.6) is 5.75 Å². The van der Waals surface area contributed by atoms with Gasteiger partial charge in [0.05, 0.1) is 13.7 Å². The van der Waals surface area contributed by atoms with Crippen LogP contribution in [0.1, 0.15) is 11.1 Å². The van der Waals surface area contributed by atoms with Crippen LogP contribution in [0.25, 0.3) is 0 Å². The summed E-state index contributed by atoms with van der Waals surface area (Å²) in [6.45, 7) is 1.79. The average Bonchev–Trinajstić information content (AvgIpc) is 2.14. The van der Waals surface area contributed by atoms with Gasteiger partial charge in [-0.05, 0) is 24.1 Å². The lowest BCUT2D eigenvalue weighted by atomic mass is 10.1. The van der Waals surface area contributed by atoms with Crippen molar-refractivity contribution in [3.8, 4) is 5.75 Å². The molecule has 0 atom stereocenters. The normalized spacial score (nSPS) is 11.4. The van der Waals surface area contributed by atoms with E-state index in [9.17, 15) is 8.42 Å². The number of ether oxygens (including phenoxy) is 1. The van der Waals surface area contributed by atoms with Gasteiger partial charge in [0.2, 0.25) is 0 Å². The Labute approximate surface area is 89.1 Å². The number of hydrogen-bond donors (Lipinski definition) is 1. The molecular weight excluding hydrogens is 218 g/mol. The van der Waals surface area contributed by atoms with Gasteiger partial charge >= 0.3 is 10.3 Å². The van der Waals surface area contributed by atoms with Crippen LogP contribution in [-0.2, 0) is 21.1 Å². The molecule has 1 aromatic carbocycles. The number of rotatable bonds is 4. The van der Waals surface area contributed by atoms with E-state index in [1.54, 1.807) is 25.3 Å². The van der Waals surface area contributed by atoms with Crippen LogP contribution in [0.4, 0.5) is 0 Å². The minimum atomic E-state index is -3.88. The number of hydrogen-bond acceptors (Lipinski definition) is 4. The van der Waals surface area contributed by atoms with Crippen molar-refractivity contribution in [3.63, 3.8) is 0 Å². The van der Waals surface area contributed by atoms with Crippen molar-refractivity contribution in [2.24, 2.45) is 5.14 Å². The highest BCUT2D eigenvalue weighted by atomic mass is 32.2. The highest BCUT2D eigenvalue weighted by Crippen LogP contribution is 2.18.